The van der Waals surface area contributed by atoms with Crippen LogP contribution in [0.5, 0.6) is 0 Å². The highest BCUT2D eigenvalue weighted by Crippen LogP contribution is 2.36. The van der Waals surface area contributed by atoms with Gasteiger partial charge in [-0.3, -0.25) is 10.00 Å². The summed E-state index contributed by atoms with van der Waals surface area (Å²) in [6.45, 7) is 18.1. The predicted molar refractivity (Wildman–Crippen MR) is 188 cm³/mol. The lowest BCUT2D eigenvalue weighted by Crippen LogP contribution is -2.41. The van der Waals surface area contributed by atoms with Crippen molar-refractivity contribution in [1.29, 1.82) is 0 Å². The number of hydrogen-bond acceptors (Lipinski definition) is 5. The molecule has 0 bridgehead atoms. The number of allylic oxidation sites excluding steroid dienone is 3. The van der Waals surface area contributed by atoms with Crippen LogP contribution in [-0.4, -0.2) is 53.5 Å². The van der Waals surface area contributed by atoms with Crippen molar-refractivity contribution in [3.63, 3.8) is 0 Å². The summed E-state index contributed by atoms with van der Waals surface area (Å²) in [7, 11) is 0. The van der Waals surface area contributed by atoms with E-state index in [-0.39, 0.29) is 0 Å². The smallest absolute Gasteiger partial charge is 0.124 e. The lowest BCUT2D eigenvalue weighted by molar-refractivity contribution is 0.195. The molecule has 5 rings (SSSR count). The highest BCUT2D eigenvalue weighted by atomic mass is 15.2. The molecule has 0 atom stereocenters. The SMILES string of the molecule is CC.CCC(C)=C(/N=C\C=C(/C)c1c(-c2ccc(C)cc2)n[nH]c1C1CCNCC1)NC1CCN(Cc2ccccc2)CC1. The van der Waals surface area contributed by atoms with Crippen LogP contribution in [0.2, 0.25) is 0 Å². The topological polar surface area (TPSA) is 68.3 Å². The summed E-state index contributed by atoms with van der Waals surface area (Å²) in [4.78, 5) is 7.56. The van der Waals surface area contributed by atoms with Crippen molar-refractivity contribution in [1.82, 2.24) is 25.7 Å². The first-order valence-corrected chi connectivity index (χ1v) is 16.8. The molecule has 3 N–H and O–H groups in total. The molecule has 2 aliphatic rings. The van der Waals surface area contributed by atoms with E-state index in [0.717, 1.165) is 81.9 Å². The average Bonchev–Trinajstić information content (AvgIpc) is 3.52. The van der Waals surface area contributed by atoms with Crippen molar-refractivity contribution >= 4 is 11.8 Å². The molecule has 3 aromatic rings. The van der Waals surface area contributed by atoms with Gasteiger partial charge in [0.15, 0.2) is 0 Å². The number of piperidine rings is 2. The summed E-state index contributed by atoms with van der Waals surface area (Å²) >= 11 is 0. The van der Waals surface area contributed by atoms with Gasteiger partial charge in [0.1, 0.15) is 5.82 Å². The summed E-state index contributed by atoms with van der Waals surface area (Å²) in [5, 5.41) is 15.6. The fourth-order valence-corrected chi connectivity index (χ4v) is 6.10. The van der Waals surface area contributed by atoms with Crippen molar-refractivity contribution in [2.45, 2.75) is 92.2 Å². The zero-order valence-corrected chi connectivity index (χ0v) is 27.9. The van der Waals surface area contributed by atoms with Gasteiger partial charge < -0.3 is 10.6 Å². The minimum Gasteiger partial charge on any atom is -0.367 e. The van der Waals surface area contributed by atoms with Gasteiger partial charge in [-0.05, 0) is 88.8 Å². The first-order valence-electron chi connectivity index (χ1n) is 16.8. The van der Waals surface area contributed by atoms with E-state index in [9.17, 15) is 0 Å². The van der Waals surface area contributed by atoms with Gasteiger partial charge in [0, 0.05) is 54.6 Å². The Bertz CT molecular complexity index is 1370. The van der Waals surface area contributed by atoms with Crippen molar-refractivity contribution in [3.8, 4) is 11.3 Å². The number of benzene rings is 2. The van der Waals surface area contributed by atoms with Crippen LogP contribution in [0.25, 0.3) is 16.8 Å². The van der Waals surface area contributed by atoms with E-state index in [4.69, 9.17) is 10.1 Å². The Morgan fingerprint density at radius 2 is 1.66 bits per heavy atom. The van der Waals surface area contributed by atoms with Gasteiger partial charge in [-0.25, -0.2) is 4.99 Å². The van der Waals surface area contributed by atoms with Crippen molar-refractivity contribution in [3.05, 3.63) is 94.5 Å². The van der Waals surface area contributed by atoms with E-state index in [1.165, 1.54) is 33.5 Å². The zero-order chi connectivity index (χ0) is 31.3. The Morgan fingerprint density at radius 3 is 2.32 bits per heavy atom. The maximum Gasteiger partial charge on any atom is 0.124 e. The third-order valence-corrected chi connectivity index (χ3v) is 8.90. The molecule has 0 aliphatic carbocycles. The number of nitrogens with one attached hydrogen (secondary N) is 3. The maximum atomic E-state index is 4.99. The molecule has 0 spiro atoms. The monoisotopic (exact) mass is 594 g/mol. The molecular formula is C38H54N6. The van der Waals surface area contributed by atoms with Crippen LogP contribution < -0.4 is 10.6 Å². The Morgan fingerprint density at radius 1 is 0.977 bits per heavy atom. The number of likely N-dealkylation sites (tertiary alicyclic amines) is 1. The Balaban J connectivity index is 0.00000216. The van der Waals surface area contributed by atoms with Crippen LogP contribution in [0.3, 0.4) is 0 Å². The van der Waals surface area contributed by atoms with E-state index < -0.39 is 0 Å². The van der Waals surface area contributed by atoms with Crippen LogP contribution in [0.4, 0.5) is 0 Å². The van der Waals surface area contributed by atoms with Crippen LogP contribution in [0.1, 0.15) is 95.0 Å². The van der Waals surface area contributed by atoms with Crippen molar-refractivity contribution in [2.75, 3.05) is 26.2 Å². The Labute approximate surface area is 266 Å². The molecule has 2 fully saturated rings. The summed E-state index contributed by atoms with van der Waals surface area (Å²) in [5.74, 6) is 1.51. The molecule has 2 aliphatic heterocycles. The first-order chi connectivity index (χ1) is 21.5. The summed E-state index contributed by atoms with van der Waals surface area (Å²) in [6, 6.07) is 20.0. The number of aromatic amines is 1. The van der Waals surface area contributed by atoms with E-state index >= 15 is 0 Å². The van der Waals surface area contributed by atoms with Crippen LogP contribution >= 0.6 is 0 Å². The van der Waals surface area contributed by atoms with Gasteiger partial charge in [-0.15, -0.1) is 0 Å². The average molecular weight is 595 g/mol. The van der Waals surface area contributed by atoms with E-state index in [0.29, 0.717) is 12.0 Å². The molecule has 236 valence electrons. The zero-order valence-electron chi connectivity index (χ0n) is 27.9. The number of aliphatic imine (C=N–C) groups is 1. The minimum absolute atomic E-state index is 0.448. The van der Waals surface area contributed by atoms with Gasteiger partial charge in [0.25, 0.3) is 0 Å². The number of H-pyrrole nitrogens is 1. The second kappa shape index (κ2) is 17.1. The summed E-state index contributed by atoms with van der Waals surface area (Å²) < 4.78 is 0. The number of nitrogens with zero attached hydrogens (tertiary/aromatic N) is 3. The number of hydrogen-bond donors (Lipinski definition) is 3. The fraction of sp³-hybridized carbons (Fsp3) is 0.474. The van der Waals surface area contributed by atoms with Gasteiger partial charge in [0.05, 0.1) is 5.69 Å². The molecular weight excluding hydrogens is 540 g/mol. The summed E-state index contributed by atoms with van der Waals surface area (Å²) in [5.41, 5.74) is 9.82. The number of aromatic nitrogens is 2. The molecule has 44 heavy (non-hydrogen) atoms. The molecule has 0 radical (unpaired) electrons. The molecule has 0 saturated carbocycles. The van der Waals surface area contributed by atoms with Gasteiger partial charge in [-0.1, -0.05) is 80.9 Å². The normalized spacial score (nSPS) is 17.7. The Hall–Kier alpha value is -3.48. The van der Waals surface area contributed by atoms with Crippen molar-refractivity contribution < 1.29 is 0 Å². The third kappa shape index (κ3) is 9.02. The van der Waals surface area contributed by atoms with Crippen LogP contribution in [-0.2, 0) is 6.54 Å². The lowest BCUT2D eigenvalue weighted by atomic mass is 9.88. The van der Waals surface area contributed by atoms with Crippen molar-refractivity contribution in [2.24, 2.45) is 4.99 Å². The lowest BCUT2D eigenvalue weighted by Gasteiger charge is -2.33. The van der Waals surface area contributed by atoms with Gasteiger partial charge in [-0.2, -0.15) is 5.10 Å². The summed E-state index contributed by atoms with van der Waals surface area (Å²) in [6.07, 6.45) is 9.65. The van der Waals surface area contributed by atoms with E-state index in [1.54, 1.807) is 0 Å². The quantitative estimate of drug-likeness (QED) is 0.207. The third-order valence-electron chi connectivity index (χ3n) is 8.90. The predicted octanol–water partition coefficient (Wildman–Crippen LogP) is 8.25. The second-order valence-electron chi connectivity index (χ2n) is 12.0. The highest BCUT2D eigenvalue weighted by Gasteiger charge is 2.25. The fourth-order valence-electron chi connectivity index (χ4n) is 6.10. The van der Waals surface area contributed by atoms with Gasteiger partial charge >= 0.3 is 0 Å². The minimum atomic E-state index is 0.448. The molecule has 0 amide bonds. The highest BCUT2D eigenvalue weighted by molar-refractivity contribution is 5.89. The molecule has 2 aromatic carbocycles. The number of aryl methyl sites for hydroxylation is 1. The standard InChI is InChI=1S/C36H48N6.C2H6/c1-5-27(3)36(39-32-18-23-42(24-19-32)25-29-9-7-6-8-10-29)38-22-15-28(4)33-34(30-13-11-26(2)12-14-30)40-41-35(33)31-16-20-37-21-17-31;1-2/h6-15,22,31-32,37,39H,5,16-21,23-25H2,1-4H3,(H,40,41);1-2H3/b28-15+,36-27?,38-22-;. The molecule has 6 nitrogen and oxygen atoms in total. The molecule has 6 heteroatoms. The van der Waals surface area contributed by atoms with Gasteiger partial charge in [0.2, 0.25) is 0 Å². The molecule has 3 heterocycles. The second-order valence-corrected chi connectivity index (χ2v) is 12.0. The molecule has 1 aromatic heterocycles. The first kappa shape index (κ1) is 33.4. The molecule has 0 unspecified atom stereocenters. The largest absolute Gasteiger partial charge is 0.367 e. The molecule has 2 saturated heterocycles. The van der Waals surface area contributed by atoms with E-state index in [2.05, 4.69) is 109 Å². The Kier molecular flexibility index (Phi) is 13.0. The van der Waals surface area contributed by atoms with Crippen LogP contribution in [0, 0.1) is 6.92 Å². The maximum absolute atomic E-state index is 4.99. The van der Waals surface area contributed by atoms with E-state index in [1.807, 2.05) is 20.1 Å². The van der Waals surface area contributed by atoms with Crippen LogP contribution in [0.15, 0.2) is 77.1 Å². The number of rotatable bonds is 10.